The zero-order valence-corrected chi connectivity index (χ0v) is 25.6. The molecule has 0 bridgehead atoms. The first-order valence-corrected chi connectivity index (χ1v) is 14.0. The van der Waals surface area contributed by atoms with Crippen LogP contribution in [0.5, 0.6) is 0 Å². The molecule has 1 radical (unpaired) electrons. The van der Waals surface area contributed by atoms with Gasteiger partial charge >= 0.3 is 0 Å². The molecular weight excluding hydrogens is 635 g/mol. The summed E-state index contributed by atoms with van der Waals surface area (Å²) >= 11 is 0. The number of hydrogen-bond acceptors (Lipinski definition) is 3. The molecule has 5 rings (SSSR count). The van der Waals surface area contributed by atoms with Crippen molar-refractivity contribution in [3.05, 3.63) is 65.7 Å². The maximum atomic E-state index is 10.5. The third kappa shape index (κ3) is 6.53. The Kier molecular flexibility index (Phi) is 10.5. The number of para-hydroxylation sites is 1. The van der Waals surface area contributed by atoms with Crippen molar-refractivity contribution >= 4 is 10.9 Å². The number of aryl methyl sites for hydroxylation is 2. The van der Waals surface area contributed by atoms with E-state index in [-0.39, 0.29) is 38.2 Å². The average molecular weight is 679 g/mol. The first-order chi connectivity index (χ1) is 17.2. The van der Waals surface area contributed by atoms with Crippen molar-refractivity contribution in [3.8, 4) is 11.3 Å². The number of fused-ring (bicyclic) bond motifs is 2. The van der Waals surface area contributed by atoms with Crippen LogP contribution in [0.3, 0.4) is 0 Å². The van der Waals surface area contributed by atoms with Gasteiger partial charge in [-0.2, -0.15) is 0 Å². The largest absolute Gasteiger partial charge is 0.392 e. The van der Waals surface area contributed by atoms with Gasteiger partial charge in [0.2, 0.25) is 0 Å². The zero-order chi connectivity index (χ0) is 26.0. The molecule has 8 atom stereocenters. The first-order valence-electron chi connectivity index (χ1n) is 14.0. The molecular formula is C33H44IrNO2-. The number of rotatable bonds is 5. The van der Waals surface area contributed by atoms with Crippen molar-refractivity contribution in [2.45, 2.75) is 79.4 Å². The Bertz CT molecular complexity index is 1120. The second kappa shape index (κ2) is 13.0. The van der Waals surface area contributed by atoms with Gasteiger partial charge in [0.25, 0.3) is 0 Å². The van der Waals surface area contributed by atoms with Crippen molar-refractivity contribution in [2.75, 3.05) is 0 Å². The van der Waals surface area contributed by atoms with E-state index in [1.165, 1.54) is 10.9 Å². The predicted octanol–water partition coefficient (Wildman–Crippen LogP) is 7.39. The zero-order valence-electron chi connectivity index (χ0n) is 23.2. The van der Waals surface area contributed by atoms with Crippen molar-refractivity contribution in [2.24, 2.45) is 35.5 Å². The fourth-order valence-electron chi connectivity index (χ4n) is 6.71. The maximum absolute atomic E-state index is 10.5. The van der Waals surface area contributed by atoms with Crippen LogP contribution in [0.4, 0.5) is 0 Å². The molecule has 2 aromatic carbocycles. The SMILES string of the molecule is CCC(C)[C@H]1CC2C[C@@H](C(C)CC)C(O)C2C1O.Cc1[c-]c(-c2ccc3ccccc3n2)cc(C)c1.[Ir]. The number of aromatic nitrogens is 1. The molecule has 0 amide bonds. The summed E-state index contributed by atoms with van der Waals surface area (Å²) in [4.78, 5) is 4.70. The summed E-state index contributed by atoms with van der Waals surface area (Å²) in [5.74, 6) is 2.71. The second-order valence-electron chi connectivity index (χ2n) is 11.5. The third-order valence-electron chi connectivity index (χ3n) is 9.13. The number of pyridine rings is 1. The van der Waals surface area contributed by atoms with E-state index in [9.17, 15) is 10.2 Å². The Morgan fingerprint density at radius 2 is 1.49 bits per heavy atom. The van der Waals surface area contributed by atoms with E-state index in [0.29, 0.717) is 29.6 Å². The van der Waals surface area contributed by atoms with Gasteiger partial charge in [-0.15, -0.1) is 34.9 Å². The smallest absolute Gasteiger partial charge is 0.0626 e. The minimum absolute atomic E-state index is 0. The average Bonchev–Trinajstić information content (AvgIpc) is 3.38. The van der Waals surface area contributed by atoms with Crippen LogP contribution in [0.2, 0.25) is 0 Å². The maximum Gasteiger partial charge on any atom is 0.0626 e. The minimum Gasteiger partial charge on any atom is -0.392 e. The van der Waals surface area contributed by atoms with E-state index in [1.54, 1.807) is 0 Å². The van der Waals surface area contributed by atoms with Gasteiger partial charge in [-0.3, -0.25) is 4.98 Å². The van der Waals surface area contributed by atoms with Gasteiger partial charge in [-0.25, -0.2) is 0 Å². The van der Waals surface area contributed by atoms with Crippen LogP contribution >= 0.6 is 0 Å². The number of benzene rings is 2. The number of hydrogen-bond donors (Lipinski definition) is 2. The summed E-state index contributed by atoms with van der Waals surface area (Å²) < 4.78 is 0. The Hall–Kier alpha value is -1.58. The van der Waals surface area contributed by atoms with Crippen LogP contribution in [-0.2, 0) is 20.1 Å². The van der Waals surface area contributed by atoms with Crippen molar-refractivity contribution in [1.82, 2.24) is 4.98 Å². The van der Waals surface area contributed by atoms with E-state index < -0.39 is 0 Å². The molecule has 1 aromatic heterocycles. The summed E-state index contributed by atoms with van der Waals surface area (Å²) in [7, 11) is 0. The van der Waals surface area contributed by atoms with Crippen LogP contribution in [0.1, 0.15) is 64.5 Å². The predicted molar refractivity (Wildman–Crippen MR) is 150 cm³/mol. The molecule has 0 aliphatic heterocycles. The Balaban J connectivity index is 0.000000200. The summed E-state index contributed by atoms with van der Waals surface area (Å²) in [5.41, 5.74) is 5.48. The topological polar surface area (TPSA) is 53.4 Å². The van der Waals surface area contributed by atoms with Crippen LogP contribution in [0, 0.1) is 55.4 Å². The monoisotopic (exact) mass is 679 g/mol. The van der Waals surface area contributed by atoms with Crippen LogP contribution < -0.4 is 0 Å². The molecule has 2 aliphatic carbocycles. The van der Waals surface area contributed by atoms with Gasteiger partial charge in [0, 0.05) is 26.0 Å². The summed E-state index contributed by atoms with van der Waals surface area (Å²) in [6, 6.07) is 20.0. The molecule has 2 saturated carbocycles. The van der Waals surface area contributed by atoms with Gasteiger partial charge in [-0.1, -0.05) is 84.7 Å². The molecule has 0 saturated heterocycles. The minimum atomic E-state index is -0.269. The van der Waals surface area contributed by atoms with Gasteiger partial charge in [-0.05, 0) is 59.6 Å². The van der Waals surface area contributed by atoms with Crippen molar-refractivity contribution < 1.29 is 30.3 Å². The summed E-state index contributed by atoms with van der Waals surface area (Å²) in [6.07, 6.45) is 3.98. The van der Waals surface area contributed by atoms with Gasteiger partial charge in [0.1, 0.15) is 0 Å². The molecule has 203 valence electrons. The van der Waals surface area contributed by atoms with Crippen LogP contribution in [-0.4, -0.2) is 27.4 Å². The first kappa shape index (κ1) is 30.0. The number of aliphatic hydroxyl groups is 2. The number of nitrogens with zero attached hydrogens (tertiary/aromatic N) is 1. The molecule has 2 fully saturated rings. The Morgan fingerprint density at radius 1 is 0.892 bits per heavy atom. The fourth-order valence-corrected chi connectivity index (χ4v) is 6.71. The molecule has 1 heterocycles. The Labute approximate surface area is 237 Å². The van der Waals surface area contributed by atoms with Gasteiger partial charge in [0.05, 0.1) is 17.7 Å². The normalized spacial score (nSPS) is 28.1. The second-order valence-corrected chi connectivity index (χ2v) is 11.5. The van der Waals surface area contributed by atoms with E-state index >= 15 is 0 Å². The van der Waals surface area contributed by atoms with Gasteiger partial charge in [0.15, 0.2) is 0 Å². The summed E-state index contributed by atoms with van der Waals surface area (Å²) in [6.45, 7) is 13.1. The fraction of sp³-hybridized carbons (Fsp3) is 0.545. The van der Waals surface area contributed by atoms with E-state index in [1.807, 2.05) is 18.2 Å². The van der Waals surface area contributed by atoms with Crippen molar-refractivity contribution in [3.63, 3.8) is 0 Å². The van der Waals surface area contributed by atoms with Crippen molar-refractivity contribution in [1.29, 1.82) is 0 Å². The molecule has 37 heavy (non-hydrogen) atoms. The number of aliphatic hydroxyl groups excluding tert-OH is 2. The Morgan fingerprint density at radius 3 is 2.03 bits per heavy atom. The quantitative estimate of drug-likeness (QED) is 0.277. The third-order valence-corrected chi connectivity index (χ3v) is 9.13. The molecule has 3 aromatic rings. The molecule has 3 nitrogen and oxygen atoms in total. The van der Waals surface area contributed by atoms with E-state index in [2.05, 4.69) is 77.9 Å². The molecule has 2 aliphatic rings. The van der Waals surface area contributed by atoms with Gasteiger partial charge < -0.3 is 10.2 Å². The molecule has 6 unspecified atom stereocenters. The van der Waals surface area contributed by atoms with E-state index in [0.717, 1.165) is 48.0 Å². The molecule has 0 spiro atoms. The van der Waals surface area contributed by atoms with E-state index in [4.69, 9.17) is 4.98 Å². The van der Waals surface area contributed by atoms with Crippen LogP contribution in [0.25, 0.3) is 22.2 Å². The summed E-state index contributed by atoms with van der Waals surface area (Å²) in [5, 5.41) is 22.3. The standard InChI is InChI=1S/C17H14N.C16H30O2.Ir/c1-12-9-13(2)11-15(10-12)17-8-7-14-5-3-4-6-16(14)18-17;1-5-9(3)12-7-11-8-13(10(4)6-2)16(18)14(11)15(12)17;/h3-10H,1-2H3;9-18H,5-8H2,1-4H3;/q-1;;/t;9?,10?,11?,12-,13+,14?,15?,16?;. The molecule has 4 heteroatoms. The molecule has 2 N–H and O–H groups in total. The van der Waals surface area contributed by atoms with Crippen LogP contribution in [0.15, 0.2) is 48.5 Å².